The predicted molar refractivity (Wildman–Crippen MR) is 128 cm³/mol. The van der Waals surface area contributed by atoms with Gasteiger partial charge in [-0.2, -0.15) is 0 Å². The summed E-state index contributed by atoms with van der Waals surface area (Å²) < 4.78 is 5.95. The van der Waals surface area contributed by atoms with E-state index in [4.69, 9.17) is 16.3 Å². The van der Waals surface area contributed by atoms with Gasteiger partial charge in [-0.3, -0.25) is 19.7 Å². The topological polar surface area (TPSA) is 72.5 Å². The molecule has 1 aliphatic heterocycles. The van der Waals surface area contributed by atoms with Gasteiger partial charge in [-0.25, -0.2) is 0 Å². The summed E-state index contributed by atoms with van der Waals surface area (Å²) >= 11 is 10.00. The largest absolute Gasteiger partial charge is 0.468 e. The zero-order valence-electron chi connectivity index (χ0n) is 17.5. The molecule has 0 aromatic heterocycles. The van der Waals surface area contributed by atoms with E-state index in [1.165, 1.54) is 7.11 Å². The summed E-state index contributed by atoms with van der Waals surface area (Å²) in [5.74, 6) is -1.99. The number of methoxy groups -OCH3 is 1. The second-order valence-electron chi connectivity index (χ2n) is 8.22. The Hall–Kier alpha value is -2.80. The Morgan fingerprint density at radius 3 is 2.09 bits per heavy atom. The Bertz CT molecular complexity index is 1250. The molecule has 7 heteroatoms. The fourth-order valence-electron chi connectivity index (χ4n) is 5.32. The number of hydrogen-bond donors (Lipinski definition) is 1. The van der Waals surface area contributed by atoms with Gasteiger partial charge in [0.25, 0.3) is 0 Å². The summed E-state index contributed by atoms with van der Waals surface area (Å²) in [6, 6.07) is 19.4. The van der Waals surface area contributed by atoms with E-state index in [0.29, 0.717) is 27.3 Å². The standard InChI is InChI=1S/C26H19BrClNO4/c1-33-25(32)21-20(14-10-12-15(27)13-11-14)26(22(29-21)18-8-4-5-9-19(18)28)23(30)16-6-2-3-7-17(16)24(26)31/h2-13,20-22,29H,1H3/t20-,21+,22-/m0/s1. The first-order valence-corrected chi connectivity index (χ1v) is 11.6. The second-order valence-corrected chi connectivity index (χ2v) is 9.55. The summed E-state index contributed by atoms with van der Waals surface area (Å²) in [7, 11) is 1.30. The lowest BCUT2D eigenvalue weighted by atomic mass is 9.64. The van der Waals surface area contributed by atoms with Crippen LogP contribution in [0.15, 0.2) is 77.3 Å². The maximum absolute atomic E-state index is 14.2. The predicted octanol–water partition coefficient (Wildman–Crippen LogP) is 5.14. The monoisotopic (exact) mass is 523 g/mol. The highest BCUT2D eigenvalue weighted by Gasteiger charge is 2.69. The number of Topliss-reactive ketones (excluding diaryl/α,β-unsaturated/α-hetero) is 2. The highest BCUT2D eigenvalue weighted by atomic mass is 79.9. The van der Waals surface area contributed by atoms with E-state index in [9.17, 15) is 14.4 Å². The third-order valence-corrected chi connectivity index (χ3v) is 7.57. The van der Waals surface area contributed by atoms with Crippen molar-refractivity contribution >= 4 is 45.1 Å². The number of hydrogen-bond acceptors (Lipinski definition) is 5. The van der Waals surface area contributed by atoms with E-state index in [-0.39, 0.29) is 11.6 Å². The number of carbonyl (C=O) groups is 3. The smallest absolute Gasteiger partial charge is 0.323 e. The number of esters is 1. The highest BCUT2D eigenvalue weighted by molar-refractivity contribution is 9.10. The Labute approximate surface area is 204 Å². The number of fused-ring (bicyclic) bond motifs is 1. The SMILES string of the molecule is COC(=O)[C@@H]1N[C@@H](c2ccccc2Cl)C2(C(=O)c3ccccc3C2=O)[C@H]1c1ccc(Br)cc1. The molecule has 1 saturated heterocycles. The average molecular weight is 525 g/mol. The summed E-state index contributed by atoms with van der Waals surface area (Å²) in [6.45, 7) is 0. The number of carbonyl (C=O) groups excluding carboxylic acids is 3. The molecular weight excluding hydrogens is 506 g/mol. The Morgan fingerprint density at radius 1 is 0.939 bits per heavy atom. The van der Waals surface area contributed by atoms with Crippen LogP contribution in [0, 0.1) is 5.41 Å². The van der Waals surface area contributed by atoms with Gasteiger partial charge < -0.3 is 4.74 Å². The molecule has 3 aromatic rings. The molecule has 1 N–H and O–H groups in total. The van der Waals surface area contributed by atoms with Crippen molar-refractivity contribution in [2.75, 3.05) is 7.11 Å². The lowest BCUT2D eigenvalue weighted by Gasteiger charge is -2.34. The molecule has 0 amide bonds. The lowest BCUT2D eigenvalue weighted by molar-refractivity contribution is -0.143. The van der Waals surface area contributed by atoms with E-state index >= 15 is 0 Å². The first kappa shape index (κ1) is 22.0. The lowest BCUT2D eigenvalue weighted by Crippen LogP contribution is -2.43. The molecule has 5 nitrogen and oxygen atoms in total. The van der Waals surface area contributed by atoms with Gasteiger partial charge in [0, 0.05) is 26.5 Å². The minimum Gasteiger partial charge on any atom is -0.468 e. The maximum Gasteiger partial charge on any atom is 0.323 e. The molecule has 0 saturated carbocycles. The molecule has 3 aromatic carbocycles. The molecule has 33 heavy (non-hydrogen) atoms. The van der Waals surface area contributed by atoms with Gasteiger partial charge in [0.15, 0.2) is 11.6 Å². The maximum atomic E-state index is 14.2. The van der Waals surface area contributed by atoms with Crippen LogP contribution in [0.25, 0.3) is 0 Å². The summed E-state index contributed by atoms with van der Waals surface area (Å²) in [5, 5.41) is 3.69. The van der Waals surface area contributed by atoms with Crippen molar-refractivity contribution in [1.29, 1.82) is 0 Å². The Balaban J connectivity index is 1.83. The van der Waals surface area contributed by atoms with Crippen LogP contribution < -0.4 is 5.32 Å². The van der Waals surface area contributed by atoms with Gasteiger partial charge in [-0.15, -0.1) is 0 Å². The molecule has 3 atom stereocenters. The van der Waals surface area contributed by atoms with E-state index in [1.807, 2.05) is 24.3 Å². The van der Waals surface area contributed by atoms with Crippen LogP contribution in [-0.2, 0) is 9.53 Å². The zero-order chi connectivity index (χ0) is 23.3. The third-order valence-electron chi connectivity index (χ3n) is 6.69. The minimum absolute atomic E-state index is 0.320. The molecular formula is C26H19BrClNO4. The molecule has 5 rings (SSSR count). The van der Waals surface area contributed by atoms with Crippen LogP contribution in [0.5, 0.6) is 0 Å². The third kappa shape index (κ3) is 3.12. The minimum atomic E-state index is -1.60. The second kappa shape index (κ2) is 8.20. The Kier molecular flexibility index (Phi) is 5.47. The molecule has 1 fully saturated rings. The quantitative estimate of drug-likeness (QED) is 0.380. The Morgan fingerprint density at radius 2 is 1.52 bits per heavy atom. The number of ether oxygens (including phenoxy) is 1. The van der Waals surface area contributed by atoms with E-state index in [0.717, 1.165) is 4.47 Å². The average Bonchev–Trinajstić information content (AvgIpc) is 3.29. The van der Waals surface area contributed by atoms with Crippen LogP contribution in [-0.4, -0.2) is 30.7 Å². The molecule has 0 unspecified atom stereocenters. The van der Waals surface area contributed by atoms with Crippen molar-refractivity contribution in [2.45, 2.75) is 18.0 Å². The van der Waals surface area contributed by atoms with Crippen molar-refractivity contribution in [3.63, 3.8) is 0 Å². The van der Waals surface area contributed by atoms with E-state index < -0.39 is 29.4 Å². The van der Waals surface area contributed by atoms with Crippen LogP contribution in [0.2, 0.25) is 5.02 Å². The van der Waals surface area contributed by atoms with Gasteiger partial charge in [-0.1, -0.05) is 82.1 Å². The van der Waals surface area contributed by atoms with Crippen molar-refractivity contribution in [3.05, 3.63) is 105 Å². The molecule has 2 aliphatic rings. The zero-order valence-corrected chi connectivity index (χ0v) is 19.9. The first-order chi connectivity index (χ1) is 15.9. The number of ketones is 2. The van der Waals surface area contributed by atoms with E-state index in [1.54, 1.807) is 48.5 Å². The van der Waals surface area contributed by atoms with Crippen LogP contribution in [0.1, 0.15) is 43.8 Å². The highest BCUT2D eigenvalue weighted by Crippen LogP contribution is 2.60. The van der Waals surface area contributed by atoms with Crippen LogP contribution in [0.4, 0.5) is 0 Å². The van der Waals surface area contributed by atoms with Gasteiger partial charge >= 0.3 is 5.97 Å². The molecule has 0 bridgehead atoms. The molecule has 1 spiro atoms. The molecule has 1 aliphatic carbocycles. The van der Waals surface area contributed by atoms with Crippen molar-refractivity contribution < 1.29 is 19.1 Å². The summed E-state index contributed by atoms with van der Waals surface area (Å²) in [5.41, 5.74) is 0.386. The number of rotatable bonds is 3. The normalized spacial score (nSPS) is 23.1. The van der Waals surface area contributed by atoms with Crippen molar-refractivity contribution in [3.8, 4) is 0 Å². The van der Waals surface area contributed by atoms with Crippen molar-refractivity contribution in [1.82, 2.24) is 5.32 Å². The number of nitrogens with one attached hydrogen (secondary N) is 1. The fourth-order valence-corrected chi connectivity index (χ4v) is 5.83. The van der Waals surface area contributed by atoms with Crippen LogP contribution in [0.3, 0.4) is 0 Å². The molecule has 1 heterocycles. The van der Waals surface area contributed by atoms with Crippen LogP contribution >= 0.6 is 27.5 Å². The van der Waals surface area contributed by atoms with Gasteiger partial charge in [0.05, 0.1) is 13.2 Å². The fraction of sp³-hybridized carbons (Fsp3) is 0.192. The van der Waals surface area contributed by atoms with Crippen molar-refractivity contribution in [2.24, 2.45) is 5.41 Å². The van der Waals surface area contributed by atoms with Gasteiger partial charge in [0.2, 0.25) is 0 Å². The first-order valence-electron chi connectivity index (χ1n) is 10.4. The van der Waals surface area contributed by atoms with E-state index in [2.05, 4.69) is 21.2 Å². The molecule has 0 radical (unpaired) electrons. The van der Waals surface area contributed by atoms with Gasteiger partial charge in [-0.05, 0) is 29.3 Å². The molecule has 166 valence electrons. The number of benzene rings is 3. The summed E-state index contributed by atoms with van der Waals surface area (Å²) in [6.07, 6.45) is 0. The summed E-state index contributed by atoms with van der Waals surface area (Å²) in [4.78, 5) is 41.3. The van der Waals surface area contributed by atoms with Gasteiger partial charge in [0.1, 0.15) is 11.5 Å². The number of halogens is 2.